The summed E-state index contributed by atoms with van der Waals surface area (Å²) in [6.07, 6.45) is 7.48. The number of pyridine rings is 2. The number of nitrogens with zero attached hydrogens (tertiary/aromatic N) is 2. The number of hydrogen-bond donors (Lipinski definition) is 3. The molecule has 2 fully saturated rings. The van der Waals surface area contributed by atoms with Crippen molar-refractivity contribution in [3.63, 3.8) is 0 Å². The van der Waals surface area contributed by atoms with E-state index in [0.29, 0.717) is 61.6 Å². The van der Waals surface area contributed by atoms with E-state index in [1.165, 1.54) is 6.20 Å². The van der Waals surface area contributed by atoms with Crippen molar-refractivity contribution >= 4 is 11.7 Å². The summed E-state index contributed by atoms with van der Waals surface area (Å²) in [5.74, 6) is 0.375. The topological polar surface area (TPSA) is 116 Å². The second kappa shape index (κ2) is 9.92. The molecule has 4 rings (SSSR count). The maximum absolute atomic E-state index is 14.6. The minimum atomic E-state index is -0.659. The van der Waals surface area contributed by atoms with Gasteiger partial charge in [-0.25, -0.2) is 9.37 Å². The molecule has 172 valence electrons. The lowest BCUT2D eigenvalue weighted by Gasteiger charge is -2.34. The smallest absolute Gasteiger partial charge is 0.225 e. The molecule has 1 aliphatic carbocycles. The van der Waals surface area contributed by atoms with E-state index >= 15 is 0 Å². The van der Waals surface area contributed by atoms with Crippen LogP contribution in [0.2, 0.25) is 0 Å². The fourth-order valence-corrected chi connectivity index (χ4v) is 4.69. The summed E-state index contributed by atoms with van der Waals surface area (Å²) in [6.45, 7) is 1.39. The highest BCUT2D eigenvalue weighted by molar-refractivity contribution is 5.81. The molecule has 0 bridgehead atoms. The van der Waals surface area contributed by atoms with Crippen LogP contribution in [-0.4, -0.2) is 41.7 Å². The molecule has 32 heavy (non-hydrogen) atoms. The van der Waals surface area contributed by atoms with Crippen LogP contribution >= 0.6 is 0 Å². The predicted molar refractivity (Wildman–Crippen MR) is 121 cm³/mol. The minimum absolute atomic E-state index is 0.303. The highest BCUT2D eigenvalue weighted by Crippen LogP contribution is 2.31. The van der Waals surface area contributed by atoms with Gasteiger partial charge in [0.05, 0.1) is 17.3 Å². The monoisotopic (exact) mass is 441 g/mol. The van der Waals surface area contributed by atoms with Crippen LogP contribution < -0.4 is 16.8 Å². The Morgan fingerprint density at radius 2 is 1.97 bits per heavy atom. The summed E-state index contributed by atoms with van der Waals surface area (Å²) in [5, 5.41) is 3.23. The largest absolute Gasteiger partial charge is 0.381 e. The number of primary amides is 1. The van der Waals surface area contributed by atoms with Gasteiger partial charge >= 0.3 is 0 Å². The van der Waals surface area contributed by atoms with Gasteiger partial charge in [0.15, 0.2) is 5.82 Å². The number of ether oxygens (including phenoxy) is 1. The quantitative estimate of drug-likeness (QED) is 0.608. The lowest BCUT2D eigenvalue weighted by molar-refractivity contribution is -0.132. The van der Waals surface area contributed by atoms with Gasteiger partial charge in [-0.1, -0.05) is 6.07 Å². The third-order valence-corrected chi connectivity index (χ3v) is 6.91. The minimum Gasteiger partial charge on any atom is -0.381 e. The first-order valence-corrected chi connectivity index (χ1v) is 11.4. The number of hydrogen-bond acceptors (Lipinski definition) is 6. The predicted octanol–water partition coefficient (Wildman–Crippen LogP) is 3.04. The first-order valence-electron chi connectivity index (χ1n) is 11.4. The van der Waals surface area contributed by atoms with Crippen molar-refractivity contribution in [2.75, 3.05) is 25.1 Å². The molecule has 1 saturated heterocycles. The van der Waals surface area contributed by atoms with Crippen molar-refractivity contribution in [1.29, 1.82) is 0 Å². The molecule has 0 spiro atoms. The Kier molecular flexibility index (Phi) is 7.01. The Hall–Kier alpha value is -2.58. The van der Waals surface area contributed by atoms with Gasteiger partial charge in [0.2, 0.25) is 5.91 Å². The second-order valence-corrected chi connectivity index (χ2v) is 9.16. The number of nitrogens with two attached hydrogens (primary N) is 2. The molecule has 0 radical (unpaired) electrons. The lowest BCUT2D eigenvalue weighted by atomic mass is 9.79. The highest BCUT2D eigenvalue weighted by Gasteiger charge is 2.38. The zero-order valence-corrected chi connectivity index (χ0v) is 18.4. The first kappa shape index (κ1) is 22.6. The van der Waals surface area contributed by atoms with Crippen LogP contribution in [0.5, 0.6) is 0 Å². The molecule has 2 aliphatic rings. The van der Waals surface area contributed by atoms with E-state index in [4.69, 9.17) is 16.2 Å². The van der Waals surface area contributed by atoms with Crippen molar-refractivity contribution in [3.05, 3.63) is 42.0 Å². The SMILES string of the molecule is NC(=O)C1(CNc2cccc(-c3cc(CC4CCC(N)CC4)ncc3F)n2)CCOCC1. The van der Waals surface area contributed by atoms with Gasteiger partial charge in [-0.3, -0.25) is 9.78 Å². The number of rotatable bonds is 7. The van der Waals surface area contributed by atoms with E-state index in [-0.39, 0.29) is 5.91 Å². The summed E-state index contributed by atoms with van der Waals surface area (Å²) in [7, 11) is 0. The summed E-state index contributed by atoms with van der Waals surface area (Å²) in [6, 6.07) is 7.53. The number of halogens is 1. The molecule has 5 N–H and O–H groups in total. The molecule has 1 saturated carbocycles. The number of anilines is 1. The molecule has 8 heteroatoms. The Bertz CT molecular complexity index is 940. The summed E-state index contributed by atoms with van der Waals surface area (Å²) in [5.41, 5.74) is 12.9. The molecule has 7 nitrogen and oxygen atoms in total. The average Bonchev–Trinajstić information content (AvgIpc) is 2.81. The number of aromatic nitrogens is 2. The van der Waals surface area contributed by atoms with Gasteiger partial charge in [-0.05, 0) is 69.1 Å². The highest BCUT2D eigenvalue weighted by atomic mass is 19.1. The summed E-state index contributed by atoms with van der Waals surface area (Å²) in [4.78, 5) is 21.0. The van der Waals surface area contributed by atoms with E-state index < -0.39 is 11.2 Å². The van der Waals surface area contributed by atoms with Crippen LogP contribution in [-0.2, 0) is 16.0 Å². The van der Waals surface area contributed by atoms with Gasteiger partial charge in [0, 0.05) is 37.1 Å². The van der Waals surface area contributed by atoms with Crippen LogP contribution in [0.4, 0.5) is 10.2 Å². The van der Waals surface area contributed by atoms with Crippen molar-refractivity contribution < 1.29 is 13.9 Å². The molecule has 2 aromatic rings. The maximum atomic E-state index is 14.6. The number of carbonyl (C=O) groups is 1. The normalized spacial score (nSPS) is 22.9. The molecule has 0 unspecified atom stereocenters. The zero-order valence-electron chi connectivity index (χ0n) is 18.4. The van der Waals surface area contributed by atoms with Crippen molar-refractivity contribution in [3.8, 4) is 11.3 Å². The van der Waals surface area contributed by atoms with E-state index in [1.54, 1.807) is 12.1 Å². The standard InChI is InChI=1S/C24H32FN5O2/c25-20-14-28-18(12-16-4-6-17(26)7-5-16)13-19(20)21-2-1-3-22(30-21)29-15-24(23(27)31)8-10-32-11-9-24/h1-3,13-14,16-17H,4-12,15,26H2,(H2,27,31)(H,29,30). The van der Waals surface area contributed by atoms with Gasteiger partial charge in [-0.2, -0.15) is 0 Å². The third-order valence-electron chi connectivity index (χ3n) is 6.91. The Labute approximate surface area is 188 Å². The second-order valence-electron chi connectivity index (χ2n) is 9.16. The third kappa shape index (κ3) is 5.24. The van der Waals surface area contributed by atoms with E-state index in [9.17, 15) is 9.18 Å². The van der Waals surface area contributed by atoms with E-state index in [2.05, 4.69) is 15.3 Å². The first-order chi connectivity index (χ1) is 15.4. The Balaban J connectivity index is 1.48. The zero-order chi connectivity index (χ0) is 22.6. The number of nitrogens with one attached hydrogen (secondary N) is 1. The van der Waals surface area contributed by atoms with Crippen molar-refractivity contribution in [2.45, 2.75) is 51.0 Å². The molecule has 1 amide bonds. The fraction of sp³-hybridized carbons (Fsp3) is 0.542. The summed E-state index contributed by atoms with van der Waals surface area (Å²) >= 11 is 0. The maximum Gasteiger partial charge on any atom is 0.225 e. The van der Waals surface area contributed by atoms with Crippen LogP contribution in [0.1, 0.15) is 44.2 Å². The van der Waals surface area contributed by atoms with Gasteiger partial charge in [0.25, 0.3) is 0 Å². The van der Waals surface area contributed by atoms with Gasteiger partial charge in [-0.15, -0.1) is 0 Å². The molecule has 0 aromatic carbocycles. The summed E-state index contributed by atoms with van der Waals surface area (Å²) < 4.78 is 20.0. The molecule has 1 aliphatic heterocycles. The van der Waals surface area contributed by atoms with Crippen LogP contribution in [0.25, 0.3) is 11.3 Å². The Morgan fingerprint density at radius 1 is 1.22 bits per heavy atom. The van der Waals surface area contributed by atoms with Crippen molar-refractivity contribution in [1.82, 2.24) is 9.97 Å². The van der Waals surface area contributed by atoms with E-state index in [0.717, 1.165) is 37.8 Å². The van der Waals surface area contributed by atoms with Crippen LogP contribution in [0.15, 0.2) is 30.5 Å². The lowest BCUT2D eigenvalue weighted by Crippen LogP contribution is -2.46. The molecule has 0 atom stereocenters. The number of carbonyl (C=O) groups excluding carboxylic acids is 1. The molecule has 3 heterocycles. The van der Waals surface area contributed by atoms with Gasteiger partial charge in [0.1, 0.15) is 5.82 Å². The number of amides is 1. The molecular formula is C24H32FN5O2. The van der Waals surface area contributed by atoms with Crippen LogP contribution in [0, 0.1) is 17.2 Å². The Morgan fingerprint density at radius 3 is 2.69 bits per heavy atom. The fourth-order valence-electron chi connectivity index (χ4n) is 4.69. The average molecular weight is 442 g/mol. The van der Waals surface area contributed by atoms with Gasteiger partial charge < -0.3 is 21.5 Å². The van der Waals surface area contributed by atoms with Crippen molar-refractivity contribution in [2.24, 2.45) is 22.8 Å². The molecule has 2 aromatic heterocycles. The molecular weight excluding hydrogens is 409 g/mol. The van der Waals surface area contributed by atoms with Crippen LogP contribution in [0.3, 0.4) is 0 Å². The van der Waals surface area contributed by atoms with E-state index in [1.807, 2.05) is 12.1 Å².